The fourth-order valence-electron chi connectivity index (χ4n) is 3.84. The molecule has 0 aromatic heterocycles. The van der Waals surface area contributed by atoms with Crippen molar-refractivity contribution in [2.24, 2.45) is 17.8 Å². The van der Waals surface area contributed by atoms with Crippen LogP contribution in [0.15, 0.2) is 29.8 Å². The van der Waals surface area contributed by atoms with Gasteiger partial charge in [0.25, 0.3) is 0 Å². The van der Waals surface area contributed by atoms with E-state index in [-0.39, 0.29) is 0 Å². The molecule has 3 rings (SSSR count). The Morgan fingerprint density at radius 3 is 2.30 bits per heavy atom. The van der Waals surface area contributed by atoms with E-state index in [0.717, 1.165) is 36.0 Å². The molecule has 152 valence electrons. The van der Waals surface area contributed by atoms with Crippen molar-refractivity contribution < 1.29 is 9.90 Å². The summed E-state index contributed by atoms with van der Waals surface area (Å²) in [5, 5.41) is 9.44. The number of nitrogens with zero attached hydrogens (tertiary/aromatic N) is 1. The molecule has 2 aliphatic rings. The Bertz CT molecular complexity index is 580. The molecule has 27 heavy (non-hydrogen) atoms. The van der Waals surface area contributed by atoms with Crippen LogP contribution in [-0.2, 0) is 11.2 Å². The molecule has 1 unspecified atom stereocenters. The topological polar surface area (TPSA) is 40.5 Å². The van der Waals surface area contributed by atoms with Gasteiger partial charge in [-0.25, -0.2) is 0 Å². The number of aldehydes is 1. The van der Waals surface area contributed by atoms with E-state index in [4.69, 9.17) is 4.79 Å². The van der Waals surface area contributed by atoms with Gasteiger partial charge in [-0.2, -0.15) is 0 Å². The van der Waals surface area contributed by atoms with Crippen LogP contribution >= 0.6 is 0 Å². The van der Waals surface area contributed by atoms with E-state index < -0.39 is 0 Å². The van der Waals surface area contributed by atoms with Crippen LogP contribution in [0.2, 0.25) is 0 Å². The molecule has 1 heterocycles. The largest absolute Gasteiger partial charge is 0.508 e. The van der Waals surface area contributed by atoms with Gasteiger partial charge in [0, 0.05) is 13.1 Å². The van der Waals surface area contributed by atoms with Gasteiger partial charge in [0.1, 0.15) is 12.0 Å². The summed E-state index contributed by atoms with van der Waals surface area (Å²) in [6, 6.07) is 5.85. The zero-order valence-corrected chi connectivity index (χ0v) is 18.2. The Hall–Kier alpha value is -1.61. The second kappa shape index (κ2) is 12.0. The van der Waals surface area contributed by atoms with Crippen LogP contribution in [0.1, 0.15) is 58.1 Å². The lowest BCUT2D eigenvalue weighted by molar-refractivity contribution is -0.106. The van der Waals surface area contributed by atoms with Crippen molar-refractivity contribution in [3.8, 4) is 5.75 Å². The minimum atomic E-state index is 0.396. The van der Waals surface area contributed by atoms with Crippen LogP contribution in [-0.4, -0.2) is 36.4 Å². The number of likely N-dealkylation sites (tertiary alicyclic amines) is 1. The molecule has 1 aliphatic carbocycles. The quantitative estimate of drug-likeness (QED) is 0.570. The highest BCUT2D eigenvalue weighted by Crippen LogP contribution is 2.28. The number of hydrogen-bond acceptors (Lipinski definition) is 3. The maximum Gasteiger partial charge on any atom is 0.116 e. The summed E-state index contributed by atoms with van der Waals surface area (Å²) in [6.07, 6.45) is 8.33. The van der Waals surface area contributed by atoms with Crippen LogP contribution in [0.3, 0.4) is 0 Å². The maximum atomic E-state index is 9.44. The van der Waals surface area contributed by atoms with Crippen molar-refractivity contribution in [1.29, 1.82) is 0 Å². The Labute approximate surface area is 166 Å². The summed E-state index contributed by atoms with van der Waals surface area (Å²) in [5.74, 6) is 3.02. The molecule has 3 heteroatoms. The summed E-state index contributed by atoms with van der Waals surface area (Å²) in [4.78, 5) is 11.1. The lowest BCUT2D eigenvalue weighted by Crippen LogP contribution is -2.44. The van der Waals surface area contributed by atoms with E-state index in [1.54, 1.807) is 11.6 Å². The number of rotatable bonds is 3. The molecule has 0 bridgehead atoms. The SMILES string of the molecule is CC1=CCC(C(C)C)CC1.CC=O.Cc1cc(O)cc(CC2CN(C)C2)c1. The van der Waals surface area contributed by atoms with Crippen molar-refractivity contribution in [1.82, 2.24) is 4.90 Å². The maximum absolute atomic E-state index is 9.44. The van der Waals surface area contributed by atoms with Gasteiger partial charge in [0.05, 0.1) is 0 Å². The molecule has 1 N–H and O–H groups in total. The predicted octanol–water partition coefficient (Wildman–Crippen LogP) is 5.40. The molecule has 1 fully saturated rings. The van der Waals surface area contributed by atoms with Gasteiger partial charge >= 0.3 is 0 Å². The van der Waals surface area contributed by atoms with E-state index in [9.17, 15) is 5.11 Å². The number of hydrogen-bond donors (Lipinski definition) is 1. The molecule has 1 aliphatic heterocycles. The predicted molar refractivity (Wildman–Crippen MR) is 115 cm³/mol. The highest BCUT2D eigenvalue weighted by atomic mass is 16.3. The molecular weight excluding hydrogens is 334 g/mol. The first kappa shape index (κ1) is 23.4. The van der Waals surface area contributed by atoms with Crippen LogP contribution in [0.4, 0.5) is 0 Å². The van der Waals surface area contributed by atoms with Crippen LogP contribution in [0.5, 0.6) is 5.75 Å². The summed E-state index contributed by atoms with van der Waals surface area (Å²) in [7, 11) is 2.14. The molecule has 0 spiro atoms. The normalized spacial score (nSPS) is 19.8. The third-order valence-corrected chi connectivity index (χ3v) is 5.41. The number of phenols is 1. The molecular formula is C24H39NO2. The van der Waals surface area contributed by atoms with Crippen molar-refractivity contribution in [2.75, 3.05) is 20.1 Å². The third kappa shape index (κ3) is 9.23. The van der Waals surface area contributed by atoms with Crippen LogP contribution in [0.25, 0.3) is 0 Å². The summed E-state index contributed by atoms with van der Waals surface area (Å²) < 4.78 is 0. The fourth-order valence-corrected chi connectivity index (χ4v) is 3.84. The van der Waals surface area contributed by atoms with Gasteiger partial charge < -0.3 is 14.8 Å². The number of allylic oxidation sites excluding steroid dienone is 2. The summed E-state index contributed by atoms with van der Waals surface area (Å²) >= 11 is 0. The molecule has 3 nitrogen and oxygen atoms in total. The molecule has 0 amide bonds. The lowest BCUT2D eigenvalue weighted by Gasteiger charge is -2.36. The number of benzene rings is 1. The molecule has 1 atom stereocenters. The van der Waals surface area contributed by atoms with E-state index in [1.165, 1.54) is 44.8 Å². The lowest BCUT2D eigenvalue weighted by atomic mass is 9.83. The fraction of sp³-hybridized carbons (Fsp3) is 0.625. The average Bonchev–Trinajstić information content (AvgIpc) is 2.54. The molecule has 1 saturated heterocycles. The highest BCUT2D eigenvalue weighted by molar-refractivity contribution is 5.44. The zero-order chi connectivity index (χ0) is 20.4. The van der Waals surface area contributed by atoms with Crippen molar-refractivity contribution in [3.05, 3.63) is 41.0 Å². The molecule has 1 aromatic carbocycles. The Kier molecular flexibility index (Phi) is 10.4. The molecule has 1 aromatic rings. The van der Waals surface area contributed by atoms with Crippen LogP contribution < -0.4 is 0 Å². The van der Waals surface area contributed by atoms with Gasteiger partial charge in [0.15, 0.2) is 0 Å². The van der Waals surface area contributed by atoms with Crippen molar-refractivity contribution in [3.63, 3.8) is 0 Å². The Morgan fingerprint density at radius 1 is 1.22 bits per heavy atom. The first-order valence-electron chi connectivity index (χ1n) is 10.3. The van der Waals surface area contributed by atoms with E-state index >= 15 is 0 Å². The zero-order valence-electron chi connectivity index (χ0n) is 18.2. The van der Waals surface area contributed by atoms with E-state index in [1.807, 2.05) is 13.0 Å². The van der Waals surface area contributed by atoms with Crippen molar-refractivity contribution in [2.45, 2.75) is 60.3 Å². The monoisotopic (exact) mass is 373 g/mol. The summed E-state index contributed by atoms with van der Waals surface area (Å²) in [5.41, 5.74) is 4.00. The highest BCUT2D eigenvalue weighted by Gasteiger charge is 2.23. The van der Waals surface area contributed by atoms with Gasteiger partial charge in [0.2, 0.25) is 0 Å². The molecule has 0 saturated carbocycles. The average molecular weight is 374 g/mol. The van der Waals surface area contributed by atoms with Gasteiger partial charge in [-0.3, -0.25) is 0 Å². The molecule has 0 radical (unpaired) electrons. The smallest absolute Gasteiger partial charge is 0.116 e. The summed E-state index contributed by atoms with van der Waals surface area (Å²) in [6.45, 7) is 12.8. The second-order valence-electron chi connectivity index (χ2n) is 8.53. The second-order valence-corrected chi connectivity index (χ2v) is 8.53. The van der Waals surface area contributed by atoms with Crippen molar-refractivity contribution >= 4 is 6.29 Å². The number of carbonyl (C=O) groups excluding carboxylic acids is 1. The minimum Gasteiger partial charge on any atom is -0.508 e. The van der Waals surface area contributed by atoms with Gasteiger partial charge in [-0.15, -0.1) is 0 Å². The van der Waals surface area contributed by atoms with E-state index in [0.29, 0.717) is 5.75 Å². The Morgan fingerprint density at radius 2 is 1.85 bits per heavy atom. The standard InChI is InChI=1S/C12H17NO.C10H18.C2H4O/c1-9-3-10(6-12(14)4-9)5-11-7-13(2)8-11;1-8(2)10-6-4-9(3)5-7-10;1-2-3/h3-4,6,11,14H,5,7-8H2,1-2H3;4,8,10H,5-7H2,1-3H3;2H,1H3. The van der Waals surface area contributed by atoms with E-state index in [2.05, 4.69) is 44.9 Å². The third-order valence-electron chi connectivity index (χ3n) is 5.41. The minimum absolute atomic E-state index is 0.396. The number of carbonyl (C=O) groups is 1. The number of aromatic hydroxyl groups is 1. The van der Waals surface area contributed by atoms with Crippen LogP contribution in [0, 0.1) is 24.7 Å². The first-order chi connectivity index (χ1) is 12.7. The van der Waals surface area contributed by atoms with Gasteiger partial charge in [-0.1, -0.05) is 31.6 Å². The number of phenolic OH excluding ortho intramolecular Hbond substituents is 1. The Balaban J connectivity index is 0.000000246. The van der Waals surface area contributed by atoms with Gasteiger partial charge in [-0.05, 0) is 94.5 Å². The number of aryl methyl sites for hydroxylation is 1. The first-order valence-corrected chi connectivity index (χ1v) is 10.3.